The molecule has 0 spiro atoms. The molecule has 6 nitrogen and oxygen atoms in total. The molecule has 0 radical (unpaired) electrons. The zero-order valence-corrected chi connectivity index (χ0v) is 14.2. The normalized spacial score (nSPS) is 24.2. The lowest BCUT2D eigenvalue weighted by atomic mass is 9.91. The second kappa shape index (κ2) is 6.51. The van der Waals surface area contributed by atoms with Crippen molar-refractivity contribution in [2.24, 2.45) is 7.05 Å². The summed E-state index contributed by atoms with van der Waals surface area (Å²) in [5.41, 5.74) is 2.35. The van der Waals surface area contributed by atoms with E-state index in [1.165, 1.54) is 18.5 Å². The molecule has 0 saturated heterocycles. The topological polar surface area (TPSA) is 64.7 Å². The molecule has 2 aromatic rings. The average Bonchev–Trinajstić information content (AvgIpc) is 3.37. The molecule has 0 amide bonds. The maximum absolute atomic E-state index is 12.2. The summed E-state index contributed by atoms with van der Waals surface area (Å²) in [6, 6.07) is 6.43. The van der Waals surface area contributed by atoms with Gasteiger partial charge in [0.15, 0.2) is 0 Å². The van der Waals surface area contributed by atoms with Crippen LogP contribution < -0.4 is 10.9 Å². The molecule has 2 fully saturated rings. The van der Waals surface area contributed by atoms with Gasteiger partial charge in [-0.15, -0.1) is 0 Å². The number of rotatable bonds is 5. The van der Waals surface area contributed by atoms with Crippen LogP contribution in [0.3, 0.4) is 0 Å². The Bertz CT molecular complexity index is 753. The van der Waals surface area contributed by atoms with Crippen LogP contribution in [-0.2, 0) is 13.6 Å². The molecule has 128 valence electrons. The van der Waals surface area contributed by atoms with Gasteiger partial charge in [0, 0.05) is 37.8 Å². The Morgan fingerprint density at radius 3 is 2.58 bits per heavy atom. The molecule has 2 aliphatic carbocycles. The van der Waals surface area contributed by atoms with Gasteiger partial charge in [-0.25, -0.2) is 4.68 Å². The van der Waals surface area contributed by atoms with Gasteiger partial charge in [-0.1, -0.05) is 0 Å². The molecule has 0 unspecified atom stereocenters. The van der Waals surface area contributed by atoms with Gasteiger partial charge in [0.1, 0.15) is 0 Å². The van der Waals surface area contributed by atoms with Crippen LogP contribution in [0, 0.1) is 0 Å². The van der Waals surface area contributed by atoms with Crippen molar-refractivity contribution < 1.29 is 0 Å². The fourth-order valence-electron chi connectivity index (χ4n) is 3.65. The van der Waals surface area contributed by atoms with Crippen LogP contribution in [0.2, 0.25) is 0 Å². The third-order valence-corrected chi connectivity index (χ3v) is 5.38. The molecule has 2 saturated carbocycles. The molecule has 2 aromatic heterocycles. The Balaban J connectivity index is 1.35. The summed E-state index contributed by atoms with van der Waals surface area (Å²) in [7, 11) is 1.97. The highest BCUT2D eigenvalue weighted by molar-refractivity contribution is 5.13. The molecular formula is C18H25N5O. The monoisotopic (exact) mass is 327 g/mol. The van der Waals surface area contributed by atoms with Gasteiger partial charge in [0.05, 0.1) is 17.4 Å². The van der Waals surface area contributed by atoms with E-state index in [-0.39, 0.29) is 11.6 Å². The quantitative estimate of drug-likeness (QED) is 0.914. The molecular weight excluding hydrogens is 302 g/mol. The lowest BCUT2D eigenvalue weighted by Gasteiger charge is -2.29. The number of nitrogens with zero attached hydrogens (tertiary/aromatic N) is 4. The van der Waals surface area contributed by atoms with E-state index >= 15 is 0 Å². The zero-order chi connectivity index (χ0) is 16.5. The number of nitrogens with one attached hydrogen (secondary N) is 1. The number of aromatic nitrogens is 4. The van der Waals surface area contributed by atoms with Gasteiger partial charge in [-0.05, 0) is 50.7 Å². The molecule has 1 N–H and O–H groups in total. The molecule has 0 aromatic carbocycles. The van der Waals surface area contributed by atoms with Crippen molar-refractivity contribution in [3.05, 3.63) is 46.1 Å². The van der Waals surface area contributed by atoms with Crippen molar-refractivity contribution in [3.63, 3.8) is 0 Å². The molecule has 6 heteroatoms. The van der Waals surface area contributed by atoms with E-state index in [1.54, 1.807) is 10.7 Å². The highest BCUT2D eigenvalue weighted by Crippen LogP contribution is 2.38. The fraction of sp³-hybridized carbons (Fsp3) is 0.611. The molecule has 24 heavy (non-hydrogen) atoms. The van der Waals surface area contributed by atoms with E-state index in [4.69, 9.17) is 0 Å². The predicted octanol–water partition coefficient (Wildman–Crippen LogP) is 2.13. The summed E-state index contributed by atoms with van der Waals surface area (Å²) in [4.78, 5) is 12.2. The largest absolute Gasteiger partial charge is 0.308 e. The summed E-state index contributed by atoms with van der Waals surface area (Å²) in [6.07, 6.45) is 8.48. The number of hydrogen-bond donors (Lipinski definition) is 1. The maximum atomic E-state index is 12.2. The standard InChI is InChI=1S/C18H25N5O/c1-22-16(10-11-20-22)12-19-14-4-6-15(7-5-14)23-18(24)9-8-17(21-23)13-2-3-13/h8-11,13-15,19H,2-7,12H2,1H3. The van der Waals surface area contributed by atoms with Crippen LogP contribution in [0.1, 0.15) is 61.9 Å². The maximum Gasteiger partial charge on any atom is 0.267 e. The van der Waals surface area contributed by atoms with Crippen molar-refractivity contribution in [1.29, 1.82) is 0 Å². The van der Waals surface area contributed by atoms with Crippen molar-refractivity contribution in [2.45, 2.75) is 63.1 Å². The van der Waals surface area contributed by atoms with Gasteiger partial charge >= 0.3 is 0 Å². The van der Waals surface area contributed by atoms with Gasteiger partial charge < -0.3 is 5.32 Å². The minimum Gasteiger partial charge on any atom is -0.308 e. The van der Waals surface area contributed by atoms with E-state index < -0.39 is 0 Å². The molecule has 0 aliphatic heterocycles. The van der Waals surface area contributed by atoms with Gasteiger partial charge in [0.2, 0.25) is 0 Å². The molecule has 0 bridgehead atoms. The Hall–Kier alpha value is -1.95. The smallest absolute Gasteiger partial charge is 0.267 e. The van der Waals surface area contributed by atoms with Crippen molar-refractivity contribution in [2.75, 3.05) is 0 Å². The van der Waals surface area contributed by atoms with Crippen LogP contribution in [0.4, 0.5) is 0 Å². The third-order valence-electron chi connectivity index (χ3n) is 5.38. The summed E-state index contributed by atoms with van der Waals surface area (Å²) in [5, 5.41) is 12.5. The van der Waals surface area contributed by atoms with E-state index in [2.05, 4.69) is 15.5 Å². The first-order valence-corrected chi connectivity index (χ1v) is 9.01. The van der Waals surface area contributed by atoms with Gasteiger partial charge in [0.25, 0.3) is 5.56 Å². The Kier molecular flexibility index (Phi) is 4.22. The van der Waals surface area contributed by atoms with Crippen molar-refractivity contribution >= 4 is 0 Å². The summed E-state index contributed by atoms with van der Waals surface area (Å²) >= 11 is 0. The molecule has 4 rings (SSSR count). The SMILES string of the molecule is Cn1nccc1CNC1CCC(n2nc(C3CC3)ccc2=O)CC1. The van der Waals surface area contributed by atoms with Crippen LogP contribution in [0.15, 0.2) is 29.2 Å². The van der Waals surface area contributed by atoms with Gasteiger partial charge in [-0.3, -0.25) is 9.48 Å². The van der Waals surface area contributed by atoms with E-state index in [0.29, 0.717) is 12.0 Å². The second-order valence-corrected chi connectivity index (χ2v) is 7.15. The predicted molar refractivity (Wildman–Crippen MR) is 91.8 cm³/mol. The lowest BCUT2D eigenvalue weighted by molar-refractivity contribution is 0.266. The van der Waals surface area contributed by atoms with Crippen molar-refractivity contribution in [3.8, 4) is 0 Å². The summed E-state index contributed by atoms with van der Waals surface area (Å²) < 4.78 is 3.66. The fourth-order valence-corrected chi connectivity index (χ4v) is 3.65. The molecule has 2 heterocycles. The van der Waals surface area contributed by atoms with E-state index in [1.807, 2.05) is 30.1 Å². The Morgan fingerprint density at radius 2 is 1.92 bits per heavy atom. The second-order valence-electron chi connectivity index (χ2n) is 7.15. The van der Waals surface area contributed by atoms with E-state index in [0.717, 1.165) is 37.9 Å². The minimum absolute atomic E-state index is 0.0469. The van der Waals surface area contributed by atoms with E-state index in [9.17, 15) is 4.79 Å². The zero-order valence-electron chi connectivity index (χ0n) is 14.2. The highest BCUT2D eigenvalue weighted by atomic mass is 16.1. The lowest BCUT2D eigenvalue weighted by Crippen LogP contribution is -2.36. The van der Waals surface area contributed by atoms with Crippen molar-refractivity contribution in [1.82, 2.24) is 24.9 Å². The minimum atomic E-state index is 0.0469. The first-order chi connectivity index (χ1) is 11.7. The third kappa shape index (κ3) is 3.29. The first kappa shape index (κ1) is 15.6. The first-order valence-electron chi connectivity index (χ1n) is 9.01. The average molecular weight is 327 g/mol. The summed E-state index contributed by atoms with van der Waals surface area (Å²) in [6.45, 7) is 0.848. The van der Waals surface area contributed by atoms with Crippen LogP contribution in [0.5, 0.6) is 0 Å². The van der Waals surface area contributed by atoms with Crippen LogP contribution in [-0.4, -0.2) is 25.6 Å². The molecule has 0 atom stereocenters. The Morgan fingerprint density at radius 1 is 1.12 bits per heavy atom. The number of hydrogen-bond acceptors (Lipinski definition) is 4. The molecule has 2 aliphatic rings. The highest BCUT2D eigenvalue weighted by Gasteiger charge is 2.28. The Labute approximate surface area is 141 Å². The van der Waals surface area contributed by atoms with Crippen LogP contribution in [0.25, 0.3) is 0 Å². The summed E-state index contributed by atoms with van der Waals surface area (Å²) in [5.74, 6) is 0.591. The van der Waals surface area contributed by atoms with Gasteiger partial charge in [-0.2, -0.15) is 10.2 Å². The van der Waals surface area contributed by atoms with Crippen LogP contribution >= 0.6 is 0 Å². The number of aryl methyl sites for hydroxylation is 1.